The van der Waals surface area contributed by atoms with Crippen LogP contribution in [0.15, 0.2) is 0 Å². The molecule has 0 radical (unpaired) electrons. The van der Waals surface area contributed by atoms with Gasteiger partial charge in [-0.15, -0.1) is 0 Å². The van der Waals surface area contributed by atoms with Crippen LogP contribution in [-0.2, 0) is 9.53 Å². The Hall–Kier alpha value is -0.850. The van der Waals surface area contributed by atoms with Crippen LogP contribution >= 0.6 is 12.1 Å². The van der Waals surface area contributed by atoms with Crippen LogP contribution in [0.25, 0.3) is 0 Å². The van der Waals surface area contributed by atoms with Gasteiger partial charge in [0.1, 0.15) is 0 Å². The smallest absolute Gasteiger partial charge is 0.222 e. The van der Waals surface area contributed by atoms with Crippen LogP contribution < -0.4 is 5.32 Å². The number of amides is 1. The van der Waals surface area contributed by atoms with Gasteiger partial charge in [-0.3, -0.25) is 4.79 Å². The van der Waals surface area contributed by atoms with E-state index in [0.717, 1.165) is 0 Å². The van der Waals surface area contributed by atoms with Crippen LogP contribution in [0.1, 0.15) is 13.3 Å². The molecular formula is C7H14F9NO2S. The molecule has 0 aliphatic carbocycles. The highest BCUT2D eigenvalue weighted by Gasteiger charge is 1.99. The van der Waals surface area contributed by atoms with E-state index < -0.39 is 0 Å². The third kappa shape index (κ3) is 53.4. The molecule has 1 amide bonds. The number of carbonyl (C=O) groups excluding carboxylic acids is 1. The van der Waals surface area contributed by atoms with Gasteiger partial charge in [0, 0.05) is 74.1 Å². The molecule has 0 atom stereocenters. The van der Waals surface area contributed by atoms with Crippen LogP contribution in [0.5, 0.6) is 0 Å². The van der Waals surface area contributed by atoms with Crippen molar-refractivity contribution in [3.05, 3.63) is 0 Å². The zero-order chi connectivity index (χ0) is 17.2. The number of carbonyl (C=O) groups is 1. The van der Waals surface area contributed by atoms with Crippen molar-refractivity contribution in [2.24, 2.45) is 0 Å². The minimum Gasteiger partial charge on any atom is -0.381 e. The fourth-order valence-electron chi connectivity index (χ4n) is 0.627. The molecule has 0 bridgehead atoms. The first-order valence-corrected chi connectivity index (χ1v) is 5.35. The van der Waals surface area contributed by atoms with Crippen molar-refractivity contribution in [3.63, 3.8) is 0 Å². The van der Waals surface area contributed by atoms with Gasteiger partial charge in [-0.2, -0.15) is 3.89 Å². The molecule has 0 aromatic rings. The van der Waals surface area contributed by atoms with Crippen molar-refractivity contribution in [2.75, 3.05) is 25.5 Å². The summed E-state index contributed by atoms with van der Waals surface area (Å²) in [6, 6.07) is 0. The minimum atomic E-state index is -0.0856. The summed E-state index contributed by atoms with van der Waals surface area (Å²) in [6.07, 6.45) is 0.352. The molecule has 0 rings (SSSR count). The Morgan fingerprint density at radius 2 is 1.50 bits per heavy atom. The van der Waals surface area contributed by atoms with Gasteiger partial charge in [-0.25, -0.2) is 0 Å². The molecule has 3 nitrogen and oxygen atoms in total. The van der Waals surface area contributed by atoms with Gasteiger partial charge in [-0.1, -0.05) is 0 Å². The van der Waals surface area contributed by atoms with E-state index in [1.165, 1.54) is 0 Å². The monoisotopic (exact) mass is 347 g/mol. The predicted octanol–water partition coefficient (Wildman–Crippen LogP) is 4.51. The van der Waals surface area contributed by atoms with Crippen molar-refractivity contribution in [3.8, 4) is 0 Å². The topological polar surface area (TPSA) is 38.3 Å². The van der Waals surface area contributed by atoms with E-state index in [1.807, 2.05) is 6.92 Å². The summed E-state index contributed by atoms with van der Waals surface area (Å²) >= 11 is 0.226. The number of rotatable bonds is 7. The molecule has 0 aliphatic heterocycles. The van der Waals surface area contributed by atoms with E-state index in [2.05, 4.69) is 5.32 Å². The Morgan fingerprint density at radius 3 is 1.85 bits per heavy atom. The highest BCUT2D eigenvalue weighted by atomic mass is 32.2. The number of hydrogen-bond acceptors (Lipinski definition) is 3. The number of nitrogens with one attached hydrogen (secondary N) is 1. The van der Waals surface area contributed by atoms with Crippen molar-refractivity contribution >= 4 is 18.1 Å². The zero-order valence-electron chi connectivity index (χ0n) is 10.2. The van der Waals surface area contributed by atoms with E-state index >= 15 is 0 Å². The largest absolute Gasteiger partial charge is 0.381 e. The van der Waals surface area contributed by atoms with E-state index in [9.17, 15) is 8.68 Å². The van der Waals surface area contributed by atoms with Gasteiger partial charge in [0.2, 0.25) is 5.91 Å². The average molecular weight is 347 g/mol. The summed E-state index contributed by atoms with van der Waals surface area (Å²) in [7, 11) is 0. The van der Waals surface area contributed by atoms with Crippen LogP contribution in [0.4, 0.5) is 40.5 Å². The molecular weight excluding hydrogens is 333 g/mol. The van der Waals surface area contributed by atoms with Gasteiger partial charge in [0.15, 0.2) is 0 Å². The lowest BCUT2D eigenvalue weighted by molar-refractivity contribution is -0.122. The van der Waals surface area contributed by atoms with Crippen LogP contribution in [0.3, 0.4) is 0 Å². The number of ether oxygens (including phenoxy) is 1. The summed E-state index contributed by atoms with van der Waals surface area (Å²) in [5.74, 6) is 0.220. The lowest BCUT2D eigenvalue weighted by Crippen LogP contribution is -2.26. The Morgan fingerprint density at radius 1 is 1.05 bits per heavy atom. The molecule has 0 heterocycles. The molecule has 0 saturated heterocycles. The summed E-state index contributed by atoms with van der Waals surface area (Å²) < 4.78 is 80.5. The second-order valence-corrected chi connectivity index (χ2v) is 2.74. The molecule has 20 heavy (non-hydrogen) atoms. The Balaban J connectivity index is -0.0000000799. The van der Waals surface area contributed by atoms with Crippen LogP contribution in [0, 0.1) is 0 Å². The van der Waals surface area contributed by atoms with Crippen molar-refractivity contribution in [1.29, 1.82) is 0 Å². The minimum absolute atomic E-state index is 0.0856. The van der Waals surface area contributed by atoms with Gasteiger partial charge < -0.3 is 10.1 Å². The molecule has 0 saturated carbocycles. The normalized spacial score (nSPS) is 7.10. The number of halogens is 9. The lowest BCUT2D eigenvalue weighted by atomic mass is 10.4. The maximum atomic E-state index is 11.5. The van der Waals surface area contributed by atoms with E-state index in [4.69, 9.17) is 41.3 Å². The molecule has 0 aromatic heterocycles. The van der Waals surface area contributed by atoms with E-state index in [-0.39, 0.29) is 18.1 Å². The molecule has 0 unspecified atom stereocenters. The Kier molecular flexibility index (Phi) is 81.6. The van der Waals surface area contributed by atoms with Gasteiger partial charge in [0.05, 0.1) is 6.61 Å². The molecule has 0 aromatic carbocycles. The summed E-state index contributed by atoms with van der Waals surface area (Å²) in [4.78, 5) is 10.9. The standard InChI is InChI=1S/C7H14FNO2S.4F2/c1-2-11-5-3-7(10)9-4-6-12-8;4*1-2/h2-6H2,1H3,(H,9,10);;;;. The second-order valence-electron chi connectivity index (χ2n) is 2.11. The quantitative estimate of drug-likeness (QED) is 0.544. The number of hydrogen-bond donors (Lipinski definition) is 1. The highest BCUT2D eigenvalue weighted by Crippen LogP contribution is 1.96. The van der Waals surface area contributed by atoms with E-state index in [0.29, 0.717) is 31.9 Å². The third-order valence-corrected chi connectivity index (χ3v) is 1.54. The summed E-state index contributed by atoms with van der Waals surface area (Å²) in [5, 5.41) is 2.56. The molecule has 0 fully saturated rings. The maximum absolute atomic E-state index is 11.5. The molecule has 128 valence electrons. The van der Waals surface area contributed by atoms with Gasteiger partial charge in [0.25, 0.3) is 0 Å². The Labute approximate surface area is 113 Å². The molecule has 0 spiro atoms. The fourth-order valence-corrected chi connectivity index (χ4v) is 0.806. The van der Waals surface area contributed by atoms with Crippen LogP contribution in [0.2, 0.25) is 0 Å². The first kappa shape index (κ1) is 31.5. The van der Waals surface area contributed by atoms with Crippen molar-refractivity contribution in [1.82, 2.24) is 5.32 Å². The predicted molar refractivity (Wildman–Crippen MR) is 56.5 cm³/mol. The maximum Gasteiger partial charge on any atom is 0.222 e. The molecule has 13 heteroatoms. The fraction of sp³-hybridized carbons (Fsp3) is 0.857. The molecule has 1 N–H and O–H groups in total. The summed E-state index contributed by atoms with van der Waals surface area (Å²) in [5.41, 5.74) is 0. The highest BCUT2D eigenvalue weighted by molar-refractivity contribution is 7.94. The average Bonchev–Trinajstić information content (AvgIpc) is 2.56. The van der Waals surface area contributed by atoms with Gasteiger partial charge >= 0.3 is 0 Å². The lowest BCUT2D eigenvalue weighted by Gasteiger charge is -2.02. The third-order valence-electron chi connectivity index (χ3n) is 1.18. The first-order chi connectivity index (χ1) is 9.81. The Bertz CT molecular complexity index is 127. The van der Waals surface area contributed by atoms with Crippen molar-refractivity contribution in [2.45, 2.75) is 13.3 Å². The summed E-state index contributed by atoms with van der Waals surface area (Å²) in [6.45, 7) is 3.31. The van der Waals surface area contributed by atoms with Crippen molar-refractivity contribution < 1.29 is 50.0 Å². The SMILES string of the molecule is CCOCCC(=O)NCCSF.FF.FF.FF.FF. The second kappa shape index (κ2) is 51.8. The van der Waals surface area contributed by atoms with E-state index in [1.54, 1.807) is 0 Å². The zero-order valence-corrected chi connectivity index (χ0v) is 11.0. The first-order valence-electron chi connectivity index (χ1n) is 4.46. The molecule has 0 aliphatic rings. The van der Waals surface area contributed by atoms with Crippen LogP contribution in [-0.4, -0.2) is 31.4 Å². The van der Waals surface area contributed by atoms with Gasteiger partial charge in [-0.05, 0) is 6.92 Å².